The summed E-state index contributed by atoms with van der Waals surface area (Å²) in [6, 6.07) is -0.388. The van der Waals surface area contributed by atoms with Crippen molar-refractivity contribution in [3.05, 3.63) is 11.6 Å². The van der Waals surface area contributed by atoms with Crippen molar-refractivity contribution in [2.45, 2.75) is 31.2 Å². The molecule has 1 aliphatic carbocycles. The Hall–Kier alpha value is -1.63. The molecule has 92 valence electrons. The van der Waals surface area contributed by atoms with Gasteiger partial charge in [0.25, 0.3) is 0 Å². The number of nitrogens with zero attached hydrogens (tertiary/aromatic N) is 1. The fraction of sp³-hybridized carbons (Fsp3) is 0.500. The van der Waals surface area contributed by atoms with Gasteiger partial charge in [-0.3, -0.25) is 10.1 Å². The molecular weight excluding hydrogens is 242 g/mol. The second kappa shape index (κ2) is 4.70. The second-order valence-corrected chi connectivity index (χ2v) is 5.02. The molecule has 0 saturated heterocycles. The van der Waals surface area contributed by atoms with Gasteiger partial charge in [-0.05, 0) is 19.3 Å². The van der Waals surface area contributed by atoms with Crippen LogP contribution in [0.4, 0.5) is 9.93 Å². The average Bonchev–Trinajstić information content (AvgIpc) is 2.66. The van der Waals surface area contributed by atoms with Crippen molar-refractivity contribution < 1.29 is 14.7 Å². The standard InChI is InChI=1S/C10H13N3O3S/c14-7(15)6-10(2-1-3-10)13-8(16)12-9-11-4-5-17-9/h4-5H,1-3,6H2,(H,14,15)(H2,11,12,13,16). The molecule has 3 N–H and O–H groups in total. The highest BCUT2D eigenvalue weighted by atomic mass is 32.1. The van der Waals surface area contributed by atoms with E-state index in [0.717, 1.165) is 6.42 Å². The zero-order valence-electron chi connectivity index (χ0n) is 9.10. The monoisotopic (exact) mass is 255 g/mol. The predicted octanol–water partition coefficient (Wildman–Crippen LogP) is 1.66. The lowest BCUT2D eigenvalue weighted by Gasteiger charge is -2.41. The zero-order chi connectivity index (χ0) is 12.3. The number of anilines is 1. The van der Waals surface area contributed by atoms with Crippen LogP contribution in [0.1, 0.15) is 25.7 Å². The number of nitrogens with one attached hydrogen (secondary N) is 2. The number of hydrogen-bond acceptors (Lipinski definition) is 4. The Bertz CT molecular complexity index is 414. The predicted molar refractivity (Wildman–Crippen MR) is 63.1 cm³/mol. The first-order chi connectivity index (χ1) is 8.10. The molecule has 0 atom stereocenters. The molecule has 0 unspecified atom stereocenters. The third-order valence-electron chi connectivity index (χ3n) is 2.83. The largest absolute Gasteiger partial charge is 0.481 e. The summed E-state index contributed by atoms with van der Waals surface area (Å²) in [6.45, 7) is 0. The van der Waals surface area contributed by atoms with E-state index in [-0.39, 0.29) is 12.5 Å². The Morgan fingerprint density at radius 1 is 1.53 bits per heavy atom. The highest BCUT2D eigenvalue weighted by Crippen LogP contribution is 2.34. The summed E-state index contributed by atoms with van der Waals surface area (Å²) in [5.41, 5.74) is -0.576. The first kappa shape index (κ1) is 11.8. The van der Waals surface area contributed by atoms with E-state index in [9.17, 15) is 9.59 Å². The van der Waals surface area contributed by atoms with Crippen LogP contribution in [0.5, 0.6) is 0 Å². The Balaban J connectivity index is 1.90. The number of carbonyl (C=O) groups excluding carboxylic acids is 1. The first-order valence-electron chi connectivity index (χ1n) is 5.30. The van der Waals surface area contributed by atoms with Gasteiger partial charge in [-0.25, -0.2) is 9.78 Å². The molecule has 0 radical (unpaired) electrons. The minimum atomic E-state index is -0.890. The minimum Gasteiger partial charge on any atom is -0.481 e. The molecule has 2 amide bonds. The fourth-order valence-electron chi connectivity index (χ4n) is 1.89. The van der Waals surface area contributed by atoms with Gasteiger partial charge in [-0.1, -0.05) is 0 Å². The van der Waals surface area contributed by atoms with E-state index in [1.807, 2.05) is 0 Å². The number of rotatable bonds is 4. The van der Waals surface area contributed by atoms with Gasteiger partial charge in [-0.2, -0.15) is 0 Å². The number of hydrogen-bond donors (Lipinski definition) is 3. The second-order valence-electron chi connectivity index (χ2n) is 4.12. The van der Waals surface area contributed by atoms with Crippen molar-refractivity contribution in [1.82, 2.24) is 10.3 Å². The summed E-state index contributed by atoms with van der Waals surface area (Å²) in [4.78, 5) is 26.3. The van der Waals surface area contributed by atoms with Crippen LogP contribution in [0.3, 0.4) is 0 Å². The lowest BCUT2D eigenvalue weighted by atomic mass is 9.74. The van der Waals surface area contributed by atoms with Crippen molar-refractivity contribution in [3.8, 4) is 0 Å². The van der Waals surface area contributed by atoms with Gasteiger partial charge < -0.3 is 10.4 Å². The maximum Gasteiger partial charge on any atom is 0.321 e. The molecule has 0 bridgehead atoms. The van der Waals surface area contributed by atoms with Gasteiger partial charge in [0.15, 0.2) is 5.13 Å². The number of carboxylic acids is 1. The fourth-order valence-corrected chi connectivity index (χ4v) is 2.42. The van der Waals surface area contributed by atoms with Crippen molar-refractivity contribution in [3.63, 3.8) is 0 Å². The van der Waals surface area contributed by atoms with Crippen LogP contribution in [0.2, 0.25) is 0 Å². The third-order valence-corrected chi connectivity index (χ3v) is 3.52. The van der Waals surface area contributed by atoms with E-state index in [4.69, 9.17) is 5.11 Å². The Kier molecular flexibility index (Phi) is 3.28. The minimum absolute atomic E-state index is 0.0295. The van der Waals surface area contributed by atoms with Crippen LogP contribution < -0.4 is 10.6 Å². The molecule has 1 aromatic rings. The summed E-state index contributed by atoms with van der Waals surface area (Å²) in [6.07, 6.45) is 3.94. The Labute approximate surface area is 102 Å². The number of aromatic nitrogens is 1. The lowest BCUT2D eigenvalue weighted by Crippen LogP contribution is -2.55. The lowest BCUT2D eigenvalue weighted by molar-refractivity contribution is -0.139. The van der Waals surface area contributed by atoms with Crippen molar-refractivity contribution >= 4 is 28.5 Å². The molecule has 0 aliphatic heterocycles. The number of urea groups is 1. The number of amides is 2. The topological polar surface area (TPSA) is 91.3 Å². The molecule has 7 heteroatoms. The van der Waals surface area contributed by atoms with Crippen molar-refractivity contribution in [1.29, 1.82) is 0 Å². The van der Waals surface area contributed by atoms with E-state index in [1.165, 1.54) is 11.3 Å². The highest BCUT2D eigenvalue weighted by Gasteiger charge is 2.40. The molecule has 17 heavy (non-hydrogen) atoms. The van der Waals surface area contributed by atoms with Crippen LogP contribution >= 0.6 is 11.3 Å². The number of carboxylic acid groups (broad SMARTS) is 1. The van der Waals surface area contributed by atoms with Gasteiger partial charge >= 0.3 is 12.0 Å². The molecule has 1 aliphatic rings. The van der Waals surface area contributed by atoms with Gasteiger partial charge in [0.1, 0.15) is 0 Å². The third kappa shape index (κ3) is 2.94. The molecule has 2 rings (SSSR count). The number of carbonyl (C=O) groups is 2. The number of thiazole rings is 1. The van der Waals surface area contributed by atoms with Crippen LogP contribution in [0, 0.1) is 0 Å². The summed E-state index contributed by atoms with van der Waals surface area (Å²) >= 11 is 1.32. The Morgan fingerprint density at radius 3 is 2.76 bits per heavy atom. The van der Waals surface area contributed by atoms with Crippen LogP contribution in [0.25, 0.3) is 0 Å². The molecule has 1 saturated carbocycles. The normalized spacial score (nSPS) is 16.9. The van der Waals surface area contributed by atoms with Gasteiger partial charge in [-0.15, -0.1) is 11.3 Å². The highest BCUT2D eigenvalue weighted by molar-refractivity contribution is 7.13. The molecule has 0 spiro atoms. The number of aliphatic carboxylic acids is 1. The molecule has 1 heterocycles. The molecule has 1 aromatic heterocycles. The van der Waals surface area contributed by atoms with Crippen molar-refractivity contribution in [2.75, 3.05) is 5.32 Å². The van der Waals surface area contributed by atoms with Crippen molar-refractivity contribution in [2.24, 2.45) is 0 Å². The molecule has 6 nitrogen and oxygen atoms in total. The first-order valence-corrected chi connectivity index (χ1v) is 6.18. The van der Waals surface area contributed by atoms with E-state index in [2.05, 4.69) is 15.6 Å². The molecule has 1 fully saturated rings. The van der Waals surface area contributed by atoms with Crippen LogP contribution in [-0.4, -0.2) is 27.6 Å². The van der Waals surface area contributed by atoms with E-state index in [1.54, 1.807) is 11.6 Å². The van der Waals surface area contributed by atoms with E-state index < -0.39 is 11.5 Å². The van der Waals surface area contributed by atoms with Gasteiger partial charge in [0, 0.05) is 11.6 Å². The van der Waals surface area contributed by atoms with E-state index in [0.29, 0.717) is 18.0 Å². The quantitative estimate of drug-likeness (QED) is 0.763. The molecule has 0 aromatic carbocycles. The smallest absolute Gasteiger partial charge is 0.321 e. The SMILES string of the molecule is O=C(O)CC1(NC(=O)Nc2nccs2)CCC1. The Morgan fingerprint density at radius 2 is 2.29 bits per heavy atom. The maximum absolute atomic E-state index is 11.7. The molecular formula is C10H13N3O3S. The summed E-state index contributed by atoms with van der Waals surface area (Å²) in [5, 5.41) is 16.4. The maximum atomic E-state index is 11.7. The van der Waals surface area contributed by atoms with Crippen LogP contribution in [0.15, 0.2) is 11.6 Å². The van der Waals surface area contributed by atoms with Gasteiger partial charge in [0.2, 0.25) is 0 Å². The summed E-state index contributed by atoms with van der Waals surface area (Å²) in [5.74, 6) is -0.890. The summed E-state index contributed by atoms with van der Waals surface area (Å²) < 4.78 is 0. The van der Waals surface area contributed by atoms with E-state index >= 15 is 0 Å². The van der Waals surface area contributed by atoms with Crippen LogP contribution in [-0.2, 0) is 4.79 Å². The zero-order valence-corrected chi connectivity index (χ0v) is 9.92. The average molecular weight is 255 g/mol. The van der Waals surface area contributed by atoms with Gasteiger partial charge in [0.05, 0.1) is 12.0 Å². The summed E-state index contributed by atoms with van der Waals surface area (Å²) in [7, 11) is 0.